The van der Waals surface area contributed by atoms with Gasteiger partial charge in [-0.15, -0.1) is 0 Å². The number of anilines is 1. The van der Waals surface area contributed by atoms with Crippen LogP contribution in [0.4, 0.5) is 10.6 Å². The summed E-state index contributed by atoms with van der Waals surface area (Å²) in [6.07, 6.45) is 6.27. The number of nitrogens with two attached hydrogens (primary N) is 1. The van der Waals surface area contributed by atoms with E-state index in [4.69, 9.17) is 22.3 Å². The van der Waals surface area contributed by atoms with Crippen molar-refractivity contribution in [2.75, 3.05) is 25.9 Å². The van der Waals surface area contributed by atoms with E-state index in [2.05, 4.69) is 15.3 Å². The van der Waals surface area contributed by atoms with Crippen LogP contribution in [0.25, 0.3) is 33.4 Å². The van der Waals surface area contributed by atoms with Gasteiger partial charge in [0, 0.05) is 37.9 Å². The number of nitrogens with one attached hydrogen (secondary N) is 2. The van der Waals surface area contributed by atoms with Crippen molar-refractivity contribution < 1.29 is 4.79 Å². The van der Waals surface area contributed by atoms with Crippen molar-refractivity contribution in [2.24, 2.45) is 0 Å². The summed E-state index contributed by atoms with van der Waals surface area (Å²) in [4.78, 5) is 26.2. The third-order valence-electron chi connectivity index (χ3n) is 5.44. The zero-order chi connectivity index (χ0) is 20.8. The summed E-state index contributed by atoms with van der Waals surface area (Å²) < 4.78 is 1.96. The predicted octanol–water partition coefficient (Wildman–Crippen LogP) is 4.18. The average Bonchev–Trinajstić information content (AvgIpc) is 3.37. The lowest BCUT2D eigenvalue weighted by Gasteiger charge is -2.25. The number of hydrogen-bond acceptors (Lipinski definition) is 4. The molecule has 160 valence electrons. The largest absolute Gasteiger partial charge is 0.382 e. The van der Waals surface area contributed by atoms with Crippen molar-refractivity contribution in [1.29, 1.82) is 0 Å². The van der Waals surface area contributed by atoms with Crippen LogP contribution < -0.4 is 11.1 Å². The first kappa shape index (κ1) is 20.7. The second kappa shape index (κ2) is 7.96. The van der Waals surface area contributed by atoms with Crippen LogP contribution in [0.2, 0.25) is 5.02 Å². The molecule has 8 nitrogen and oxygen atoms in total. The highest BCUT2D eigenvalue weighted by Crippen LogP contribution is 2.34. The summed E-state index contributed by atoms with van der Waals surface area (Å²) in [5.41, 5.74) is 10.5. The summed E-state index contributed by atoms with van der Waals surface area (Å²) in [6, 6.07) is 7.70. The molecule has 0 aliphatic carbocycles. The summed E-state index contributed by atoms with van der Waals surface area (Å²) in [5, 5.41) is 4.32. The molecule has 0 atom stereocenters. The van der Waals surface area contributed by atoms with Gasteiger partial charge in [0.25, 0.3) is 0 Å². The number of aromatic amines is 1. The van der Waals surface area contributed by atoms with Gasteiger partial charge in [-0.3, -0.25) is 4.40 Å². The number of hydrogen-bond donors (Lipinski definition) is 3. The molecular formula is C22H24ClN7O. The second-order valence-corrected chi connectivity index (χ2v) is 7.59. The van der Waals surface area contributed by atoms with E-state index in [1.165, 1.54) is 0 Å². The maximum Gasteiger partial charge on any atom is 0.317 e. The van der Waals surface area contributed by atoms with E-state index < -0.39 is 0 Å². The Labute approximate surface area is 184 Å². The van der Waals surface area contributed by atoms with Gasteiger partial charge in [0.15, 0.2) is 0 Å². The zero-order valence-electron chi connectivity index (χ0n) is 16.3. The predicted molar refractivity (Wildman–Crippen MR) is 125 cm³/mol. The lowest BCUT2D eigenvalue weighted by atomic mass is 10.1. The van der Waals surface area contributed by atoms with Gasteiger partial charge in [0.05, 0.1) is 16.2 Å². The second-order valence-electron chi connectivity index (χ2n) is 7.18. The topological polar surface area (TPSA) is 104 Å². The molecule has 1 aliphatic rings. The normalized spacial score (nSPS) is 13.9. The van der Waals surface area contributed by atoms with Gasteiger partial charge in [0.2, 0.25) is 0 Å². The fourth-order valence-corrected chi connectivity index (χ4v) is 4.17. The Kier molecular flexibility index (Phi) is 5.32. The van der Waals surface area contributed by atoms with Crippen molar-refractivity contribution in [1.82, 2.24) is 29.6 Å². The molecule has 0 saturated carbocycles. The molecule has 0 saturated heterocycles. The number of benzene rings is 1. The van der Waals surface area contributed by atoms with Crippen LogP contribution in [0.5, 0.6) is 0 Å². The monoisotopic (exact) mass is 437 g/mol. The number of carbonyl (C=O) groups is 1. The summed E-state index contributed by atoms with van der Waals surface area (Å²) in [6.45, 7) is 1.15. The van der Waals surface area contributed by atoms with Crippen LogP contribution in [0.15, 0.2) is 42.7 Å². The first-order valence-corrected chi connectivity index (χ1v) is 10.0. The molecule has 4 heterocycles. The number of nitrogens with zero attached hydrogens (tertiary/aromatic N) is 4. The number of amides is 2. The number of H-pyrrole nitrogens is 1. The van der Waals surface area contributed by atoms with Gasteiger partial charge in [-0.25, -0.2) is 14.8 Å². The molecule has 0 fully saturated rings. The van der Waals surface area contributed by atoms with Gasteiger partial charge < -0.3 is 20.9 Å². The van der Waals surface area contributed by atoms with Crippen LogP contribution in [0, 0.1) is 0 Å². The number of rotatable bonds is 2. The molecule has 0 spiro atoms. The molecule has 9 heteroatoms. The molecule has 0 unspecified atom stereocenters. The Morgan fingerprint density at radius 3 is 2.90 bits per heavy atom. The smallest absolute Gasteiger partial charge is 0.317 e. The minimum Gasteiger partial charge on any atom is -0.382 e. The number of urea groups is 1. The lowest BCUT2D eigenvalue weighted by molar-refractivity contribution is 0.205. The van der Waals surface area contributed by atoms with Crippen molar-refractivity contribution in [3.8, 4) is 11.4 Å². The Morgan fingerprint density at radius 2 is 2.19 bits per heavy atom. The Balaban J connectivity index is 0.00000231. The number of aromatic nitrogens is 4. The summed E-state index contributed by atoms with van der Waals surface area (Å²) >= 11 is 6.35. The van der Waals surface area contributed by atoms with Crippen molar-refractivity contribution >= 4 is 45.4 Å². The third kappa shape index (κ3) is 3.38. The highest BCUT2D eigenvalue weighted by atomic mass is 35.5. The minimum absolute atomic E-state index is 0. The first-order chi connectivity index (χ1) is 14.6. The first-order valence-electron chi connectivity index (χ1n) is 9.63. The molecule has 4 N–H and O–H groups in total. The van der Waals surface area contributed by atoms with Crippen LogP contribution in [-0.4, -0.2) is 50.4 Å². The number of para-hydroxylation sites is 1. The van der Waals surface area contributed by atoms with E-state index >= 15 is 0 Å². The molecule has 3 aromatic heterocycles. The van der Waals surface area contributed by atoms with E-state index in [-0.39, 0.29) is 13.5 Å². The van der Waals surface area contributed by atoms with E-state index in [9.17, 15) is 4.79 Å². The fourth-order valence-electron chi connectivity index (χ4n) is 3.94. The maximum absolute atomic E-state index is 11.9. The molecule has 0 bridgehead atoms. The Morgan fingerprint density at radius 1 is 1.35 bits per heavy atom. The van der Waals surface area contributed by atoms with Crippen molar-refractivity contribution in [2.45, 2.75) is 13.8 Å². The third-order valence-corrected chi connectivity index (χ3v) is 5.76. The molecule has 5 rings (SSSR count). The molecule has 31 heavy (non-hydrogen) atoms. The number of fused-ring (bicyclic) bond motifs is 2. The SMILES string of the molecule is C.CNC(=O)N1CC=C(c2nc(-c3cc4cccc(Cl)c4[nH]3)c3c(N)nccn23)CC1. The quantitative estimate of drug-likeness (QED) is 0.437. The lowest BCUT2D eigenvalue weighted by Crippen LogP contribution is -2.40. The Bertz CT molecular complexity index is 1320. The molecule has 2 amide bonds. The van der Waals surface area contributed by atoms with Crippen molar-refractivity contribution in [3.63, 3.8) is 0 Å². The zero-order valence-corrected chi connectivity index (χ0v) is 17.1. The Hall–Kier alpha value is -3.52. The number of halogens is 1. The van der Waals surface area contributed by atoms with E-state index in [1.807, 2.05) is 40.9 Å². The van der Waals surface area contributed by atoms with Gasteiger partial charge in [-0.2, -0.15) is 0 Å². The number of imidazole rings is 1. The molecular weight excluding hydrogens is 414 g/mol. The standard InChI is InChI=1S/C21H20ClN7O.CH4/c1-24-21(30)28-8-5-12(6-9-28)20-27-17(18-19(23)25-7-10-29(18)20)15-11-13-3-2-4-14(22)16(13)26-15;/h2-5,7,10-11,26H,6,8-9H2,1H3,(H2,23,25)(H,24,30);1H4. The highest BCUT2D eigenvalue weighted by molar-refractivity contribution is 6.35. The van der Waals surface area contributed by atoms with Gasteiger partial charge in [0.1, 0.15) is 22.9 Å². The number of nitrogen functional groups attached to an aromatic ring is 1. The van der Waals surface area contributed by atoms with Crippen LogP contribution in [0.1, 0.15) is 19.7 Å². The summed E-state index contributed by atoms with van der Waals surface area (Å²) in [7, 11) is 1.64. The van der Waals surface area contributed by atoms with Crippen molar-refractivity contribution in [3.05, 3.63) is 53.6 Å². The molecule has 0 radical (unpaired) electrons. The fraction of sp³-hybridized carbons (Fsp3) is 0.227. The maximum atomic E-state index is 11.9. The van der Waals surface area contributed by atoms with Gasteiger partial charge >= 0.3 is 6.03 Å². The van der Waals surface area contributed by atoms with E-state index in [0.717, 1.165) is 39.2 Å². The molecule has 1 aliphatic heterocycles. The molecule has 4 aromatic rings. The summed E-state index contributed by atoms with van der Waals surface area (Å²) in [5.74, 6) is 1.20. The van der Waals surface area contributed by atoms with Gasteiger partial charge in [-0.05, 0) is 24.1 Å². The van der Waals surface area contributed by atoms with Crippen LogP contribution in [-0.2, 0) is 0 Å². The van der Waals surface area contributed by atoms with E-state index in [1.54, 1.807) is 18.1 Å². The minimum atomic E-state index is -0.0811. The van der Waals surface area contributed by atoms with Crippen LogP contribution >= 0.6 is 11.6 Å². The molecule has 1 aromatic carbocycles. The average molecular weight is 438 g/mol. The van der Waals surface area contributed by atoms with Gasteiger partial charge in [-0.1, -0.05) is 37.2 Å². The van der Waals surface area contributed by atoms with Crippen LogP contribution in [0.3, 0.4) is 0 Å². The number of carbonyl (C=O) groups excluding carboxylic acids is 1. The highest BCUT2D eigenvalue weighted by Gasteiger charge is 2.23. The van der Waals surface area contributed by atoms with E-state index in [0.29, 0.717) is 30.4 Å².